The monoisotopic (exact) mass is 390 g/mol. The molecule has 1 N–H and O–H groups in total. The molecule has 0 aromatic carbocycles. The Morgan fingerprint density at radius 2 is 2.15 bits per heavy atom. The summed E-state index contributed by atoms with van der Waals surface area (Å²) in [5.41, 5.74) is 0.857. The first-order chi connectivity index (χ1) is 12.9. The maximum Gasteiger partial charge on any atom is 0.273 e. The molecule has 0 bridgehead atoms. The third-order valence-corrected chi connectivity index (χ3v) is 5.38. The van der Waals surface area contributed by atoms with Crippen LogP contribution in [0.2, 0.25) is 0 Å². The highest BCUT2D eigenvalue weighted by molar-refractivity contribution is 7.09. The van der Waals surface area contributed by atoms with Crippen molar-refractivity contribution < 1.29 is 9.59 Å². The quantitative estimate of drug-likeness (QED) is 0.817. The Labute approximate surface area is 163 Å². The van der Waals surface area contributed by atoms with Crippen LogP contribution >= 0.6 is 11.3 Å². The normalized spacial score (nSPS) is 17.3. The van der Waals surface area contributed by atoms with Crippen molar-refractivity contribution in [2.75, 3.05) is 6.54 Å². The van der Waals surface area contributed by atoms with Crippen LogP contribution in [0.15, 0.2) is 11.6 Å². The highest BCUT2D eigenvalue weighted by Gasteiger charge is 2.28. The maximum atomic E-state index is 12.8. The Bertz CT molecular complexity index is 799. The van der Waals surface area contributed by atoms with E-state index in [1.54, 1.807) is 10.9 Å². The van der Waals surface area contributed by atoms with E-state index in [2.05, 4.69) is 20.6 Å². The summed E-state index contributed by atoms with van der Waals surface area (Å²) in [5, 5.41) is 13.5. The van der Waals surface area contributed by atoms with Crippen LogP contribution in [0.3, 0.4) is 0 Å². The van der Waals surface area contributed by atoms with Crippen LogP contribution < -0.4 is 5.32 Å². The van der Waals surface area contributed by atoms with Gasteiger partial charge in [0.15, 0.2) is 5.69 Å². The van der Waals surface area contributed by atoms with Gasteiger partial charge in [0.05, 0.1) is 11.2 Å². The van der Waals surface area contributed by atoms with E-state index in [4.69, 9.17) is 0 Å². The minimum Gasteiger partial charge on any atom is -0.348 e. The van der Waals surface area contributed by atoms with E-state index in [-0.39, 0.29) is 23.9 Å². The van der Waals surface area contributed by atoms with Crippen molar-refractivity contribution in [3.63, 3.8) is 0 Å². The molecule has 1 aliphatic heterocycles. The molecule has 1 unspecified atom stereocenters. The molecule has 3 rings (SSSR count). The number of amides is 2. The van der Waals surface area contributed by atoms with Gasteiger partial charge in [-0.05, 0) is 46.5 Å². The third-order valence-electron chi connectivity index (χ3n) is 4.61. The molecule has 1 aliphatic rings. The summed E-state index contributed by atoms with van der Waals surface area (Å²) in [6, 6.07) is 0.212. The van der Waals surface area contributed by atoms with Crippen LogP contribution in [0.25, 0.3) is 0 Å². The van der Waals surface area contributed by atoms with Crippen LogP contribution in [0, 0.1) is 6.92 Å². The molecule has 146 valence electrons. The summed E-state index contributed by atoms with van der Waals surface area (Å²) >= 11 is 1.50. The number of carbonyl (C=O) groups is 2. The summed E-state index contributed by atoms with van der Waals surface area (Å²) in [7, 11) is 0. The number of piperidine rings is 1. The lowest BCUT2D eigenvalue weighted by Gasteiger charge is -2.35. The first kappa shape index (κ1) is 19.5. The first-order valence-corrected chi connectivity index (χ1v) is 10.3. The number of thiazole rings is 1. The van der Waals surface area contributed by atoms with E-state index in [1.165, 1.54) is 11.3 Å². The zero-order valence-electron chi connectivity index (χ0n) is 16.0. The van der Waals surface area contributed by atoms with Crippen LogP contribution in [-0.2, 0) is 6.54 Å². The van der Waals surface area contributed by atoms with E-state index in [9.17, 15) is 9.59 Å². The molecule has 0 spiro atoms. The number of aryl methyl sites for hydroxylation is 2. The molecular formula is C18H26N6O2S. The zero-order chi connectivity index (χ0) is 19.4. The molecular weight excluding hydrogens is 364 g/mol. The van der Waals surface area contributed by atoms with E-state index in [1.807, 2.05) is 31.1 Å². The predicted molar refractivity (Wildman–Crippen MR) is 103 cm³/mol. The molecule has 0 saturated carbocycles. The highest BCUT2D eigenvalue weighted by atomic mass is 32.1. The smallest absolute Gasteiger partial charge is 0.273 e. The van der Waals surface area contributed by atoms with Gasteiger partial charge in [-0.3, -0.25) is 14.3 Å². The van der Waals surface area contributed by atoms with Crippen molar-refractivity contribution in [3.8, 4) is 0 Å². The lowest BCUT2D eigenvalue weighted by atomic mass is 9.99. The summed E-state index contributed by atoms with van der Waals surface area (Å²) in [5.74, 6) is -0.204. The second kappa shape index (κ2) is 8.60. The molecule has 1 fully saturated rings. The van der Waals surface area contributed by atoms with Gasteiger partial charge in [0.25, 0.3) is 11.8 Å². The van der Waals surface area contributed by atoms with Crippen LogP contribution in [-0.4, -0.2) is 55.3 Å². The standard InChI is InChI=1S/C18H26N6O2S/c1-12(2)19-17(25)15-10-23(22-21-15)9-7-14-6-4-5-8-24(14)18(26)16-11-27-13(3)20-16/h10-12,14H,4-9H2,1-3H3,(H,19,25). The molecule has 9 heteroatoms. The molecule has 0 aliphatic carbocycles. The molecule has 2 aromatic rings. The van der Waals surface area contributed by atoms with Gasteiger partial charge in [-0.2, -0.15) is 0 Å². The minimum absolute atomic E-state index is 0.0136. The fraction of sp³-hybridized carbons (Fsp3) is 0.611. The van der Waals surface area contributed by atoms with Gasteiger partial charge in [0, 0.05) is 30.6 Å². The third kappa shape index (κ3) is 4.91. The molecule has 1 atom stereocenters. The van der Waals surface area contributed by atoms with Gasteiger partial charge in [-0.1, -0.05) is 5.21 Å². The average Bonchev–Trinajstić information content (AvgIpc) is 3.28. The number of carbonyl (C=O) groups excluding carboxylic acids is 2. The summed E-state index contributed by atoms with van der Waals surface area (Å²) in [6.45, 7) is 7.10. The van der Waals surface area contributed by atoms with Gasteiger partial charge >= 0.3 is 0 Å². The summed E-state index contributed by atoms with van der Waals surface area (Å²) in [6.07, 6.45) is 5.56. The van der Waals surface area contributed by atoms with Crippen molar-refractivity contribution in [2.45, 2.75) is 65.1 Å². The lowest BCUT2D eigenvalue weighted by Crippen LogP contribution is -2.44. The second-order valence-electron chi connectivity index (χ2n) is 7.18. The molecule has 27 heavy (non-hydrogen) atoms. The number of aromatic nitrogens is 4. The SMILES string of the molecule is Cc1nc(C(=O)N2CCCCC2CCn2cc(C(=O)NC(C)C)nn2)cs1. The number of likely N-dealkylation sites (tertiary alicyclic amines) is 1. The predicted octanol–water partition coefficient (Wildman–Crippen LogP) is 2.27. The topological polar surface area (TPSA) is 93.0 Å². The Hall–Kier alpha value is -2.29. The van der Waals surface area contributed by atoms with Crippen LogP contribution in [0.5, 0.6) is 0 Å². The fourth-order valence-electron chi connectivity index (χ4n) is 3.31. The molecule has 3 heterocycles. The van der Waals surface area contributed by atoms with E-state index in [0.29, 0.717) is 17.9 Å². The number of rotatable bonds is 6. The fourth-order valence-corrected chi connectivity index (χ4v) is 3.89. The highest BCUT2D eigenvalue weighted by Crippen LogP contribution is 2.23. The van der Waals surface area contributed by atoms with Gasteiger partial charge in [-0.15, -0.1) is 16.4 Å². The van der Waals surface area contributed by atoms with Crippen LogP contribution in [0.4, 0.5) is 0 Å². The minimum atomic E-state index is -0.218. The van der Waals surface area contributed by atoms with Crippen molar-refractivity contribution in [1.82, 2.24) is 30.2 Å². The zero-order valence-corrected chi connectivity index (χ0v) is 16.8. The van der Waals surface area contributed by atoms with Gasteiger partial charge in [0.2, 0.25) is 0 Å². The van der Waals surface area contributed by atoms with Gasteiger partial charge in [0.1, 0.15) is 5.69 Å². The van der Waals surface area contributed by atoms with E-state index in [0.717, 1.165) is 37.2 Å². The number of nitrogens with zero attached hydrogens (tertiary/aromatic N) is 5. The van der Waals surface area contributed by atoms with Crippen molar-refractivity contribution in [2.24, 2.45) is 0 Å². The van der Waals surface area contributed by atoms with Gasteiger partial charge < -0.3 is 10.2 Å². The number of hydrogen-bond acceptors (Lipinski definition) is 6. The van der Waals surface area contributed by atoms with Gasteiger partial charge in [-0.25, -0.2) is 4.98 Å². The number of nitrogens with one attached hydrogen (secondary N) is 1. The Balaban J connectivity index is 1.61. The Kier molecular flexibility index (Phi) is 6.20. The van der Waals surface area contributed by atoms with Crippen molar-refractivity contribution in [1.29, 1.82) is 0 Å². The largest absolute Gasteiger partial charge is 0.348 e. The Morgan fingerprint density at radius 3 is 2.85 bits per heavy atom. The first-order valence-electron chi connectivity index (χ1n) is 9.38. The number of hydrogen-bond donors (Lipinski definition) is 1. The summed E-state index contributed by atoms with van der Waals surface area (Å²) in [4.78, 5) is 31.1. The molecule has 0 radical (unpaired) electrons. The Morgan fingerprint density at radius 1 is 1.33 bits per heavy atom. The average molecular weight is 391 g/mol. The van der Waals surface area contributed by atoms with Crippen molar-refractivity contribution >= 4 is 23.2 Å². The van der Waals surface area contributed by atoms with Crippen LogP contribution in [0.1, 0.15) is 65.5 Å². The second-order valence-corrected chi connectivity index (χ2v) is 8.25. The maximum absolute atomic E-state index is 12.8. The lowest BCUT2D eigenvalue weighted by molar-refractivity contribution is 0.0588. The summed E-state index contributed by atoms with van der Waals surface area (Å²) < 4.78 is 1.68. The molecule has 1 saturated heterocycles. The van der Waals surface area contributed by atoms with Crippen molar-refractivity contribution in [3.05, 3.63) is 28.0 Å². The molecule has 2 amide bonds. The van der Waals surface area contributed by atoms with E-state index >= 15 is 0 Å². The van der Waals surface area contributed by atoms with E-state index < -0.39 is 0 Å². The molecule has 8 nitrogen and oxygen atoms in total. The molecule has 2 aromatic heterocycles.